The second kappa shape index (κ2) is 14.0. The van der Waals surface area contributed by atoms with Gasteiger partial charge in [-0.05, 0) is 82.0 Å². The van der Waals surface area contributed by atoms with Crippen LogP contribution in [-0.4, -0.2) is 44.1 Å². The summed E-state index contributed by atoms with van der Waals surface area (Å²) < 4.78 is 53.0. The molecule has 0 spiro atoms. The standard InChI is InChI=1S/C31H33F3N6O4/c1-30(2,3)44-29(42)36-19-21-16-26(31(32,33)34)37-27(17-21)43-25-14-9-10-22(18-25)28(41)35-15-8-7-11-23-20-40(39-38-23)24-12-5-4-6-13-24/h4-6,9-10,12-14,16-18,20H,7-8,11,15,19H2,1-3H3,(H,35,41)(H,36,42). The van der Waals surface area contributed by atoms with Gasteiger partial charge in [-0.25, -0.2) is 14.5 Å². The summed E-state index contributed by atoms with van der Waals surface area (Å²) in [6, 6.07) is 17.8. The van der Waals surface area contributed by atoms with Gasteiger partial charge in [0.2, 0.25) is 5.88 Å². The van der Waals surface area contributed by atoms with Crippen LogP contribution in [0.15, 0.2) is 72.9 Å². The largest absolute Gasteiger partial charge is 0.444 e. The van der Waals surface area contributed by atoms with Gasteiger partial charge in [-0.1, -0.05) is 29.5 Å². The molecule has 2 amide bonds. The second-order valence-corrected chi connectivity index (χ2v) is 10.9. The lowest BCUT2D eigenvalue weighted by atomic mass is 10.2. The number of para-hydroxylation sites is 1. The van der Waals surface area contributed by atoms with Crippen LogP contribution in [0, 0.1) is 0 Å². The molecular formula is C31H33F3N6O4. The zero-order valence-electron chi connectivity index (χ0n) is 24.5. The number of nitrogens with one attached hydrogen (secondary N) is 2. The van der Waals surface area contributed by atoms with E-state index in [1.54, 1.807) is 37.6 Å². The average molecular weight is 611 g/mol. The molecule has 4 aromatic rings. The third-order valence-corrected chi connectivity index (χ3v) is 6.01. The molecular weight excluding hydrogens is 577 g/mol. The van der Waals surface area contributed by atoms with Crippen LogP contribution in [0.3, 0.4) is 0 Å². The number of ether oxygens (including phenoxy) is 2. The first-order chi connectivity index (χ1) is 20.9. The minimum absolute atomic E-state index is 0.102. The van der Waals surface area contributed by atoms with Crippen LogP contribution in [0.5, 0.6) is 11.6 Å². The minimum Gasteiger partial charge on any atom is -0.444 e. The van der Waals surface area contributed by atoms with Crippen molar-refractivity contribution >= 4 is 12.0 Å². The molecule has 0 saturated carbocycles. The van der Waals surface area contributed by atoms with E-state index >= 15 is 0 Å². The monoisotopic (exact) mass is 610 g/mol. The van der Waals surface area contributed by atoms with Crippen LogP contribution in [0.4, 0.5) is 18.0 Å². The van der Waals surface area contributed by atoms with Gasteiger partial charge in [0.15, 0.2) is 0 Å². The number of rotatable bonds is 11. The molecule has 0 aliphatic rings. The lowest BCUT2D eigenvalue weighted by molar-refractivity contribution is -0.141. The topological polar surface area (TPSA) is 120 Å². The first-order valence-corrected chi connectivity index (χ1v) is 13.9. The first-order valence-electron chi connectivity index (χ1n) is 13.9. The van der Waals surface area contributed by atoms with Crippen molar-refractivity contribution in [3.8, 4) is 17.3 Å². The summed E-state index contributed by atoms with van der Waals surface area (Å²) in [7, 11) is 0. The van der Waals surface area contributed by atoms with Crippen molar-refractivity contribution in [2.24, 2.45) is 0 Å². The molecule has 0 unspecified atom stereocenters. The average Bonchev–Trinajstić information content (AvgIpc) is 3.44. The molecule has 4 rings (SSSR count). The van der Waals surface area contributed by atoms with Gasteiger partial charge in [0.05, 0.1) is 17.6 Å². The number of alkyl carbamates (subject to hydrolysis) is 1. The number of aryl methyl sites for hydroxylation is 1. The number of halogens is 3. The Morgan fingerprint density at radius 3 is 2.43 bits per heavy atom. The fourth-order valence-corrected chi connectivity index (χ4v) is 4.02. The number of carbonyl (C=O) groups excluding carboxylic acids is 2. The van der Waals surface area contributed by atoms with Crippen LogP contribution in [-0.2, 0) is 23.9 Å². The third-order valence-electron chi connectivity index (χ3n) is 6.01. The highest BCUT2D eigenvalue weighted by Crippen LogP contribution is 2.31. The Morgan fingerprint density at radius 2 is 1.70 bits per heavy atom. The van der Waals surface area contributed by atoms with Gasteiger partial charge >= 0.3 is 12.3 Å². The van der Waals surface area contributed by atoms with E-state index in [1.165, 1.54) is 18.2 Å². The van der Waals surface area contributed by atoms with Crippen LogP contribution in [0.2, 0.25) is 0 Å². The number of alkyl halides is 3. The Hall–Kier alpha value is -4.94. The molecule has 10 nitrogen and oxygen atoms in total. The second-order valence-electron chi connectivity index (χ2n) is 10.9. The molecule has 2 aromatic heterocycles. The fourth-order valence-electron chi connectivity index (χ4n) is 4.02. The highest BCUT2D eigenvalue weighted by molar-refractivity contribution is 5.94. The molecule has 2 aromatic carbocycles. The molecule has 13 heteroatoms. The van der Waals surface area contributed by atoms with Gasteiger partial charge in [0, 0.05) is 24.7 Å². The van der Waals surface area contributed by atoms with Crippen molar-refractivity contribution in [2.75, 3.05) is 6.54 Å². The number of hydrogen-bond acceptors (Lipinski definition) is 7. The Labute approximate surface area is 252 Å². The quantitative estimate of drug-likeness (QED) is 0.193. The predicted octanol–water partition coefficient (Wildman–Crippen LogP) is 6.25. The Kier molecular flexibility index (Phi) is 10.2. The molecule has 232 valence electrons. The summed E-state index contributed by atoms with van der Waals surface area (Å²) in [6.45, 7) is 5.18. The van der Waals surface area contributed by atoms with Crippen molar-refractivity contribution in [2.45, 2.75) is 58.4 Å². The highest BCUT2D eigenvalue weighted by atomic mass is 19.4. The number of aromatic nitrogens is 4. The van der Waals surface area contributed by atoms with E-state index in [4.69, 9.17) is 9.47 Å². The van der Waals surface area contributed by atoms with Crippen LogP contribution in [0.1, 0.15) is 60.9 Å². The van der Waals surface area contributed by atoms with Crippen molar-refractivity contribution in [3.05, 3.63) is 95.4 Å². The van der Waals surface area contributed by atoms with Crippen molar-refractivity contribution < 1.29 is 32.2 Å². The fraction of sp³-hybridized carbons (Fsp3) is 0.323. The smallest absolute Gasteiger partial charge is 0.433 e. The number of benzene rings is 2. The molecule has 2 heterocycles. The van der Waals surface area contributed by atoms with E-state index in [1.807, 2.05) is 36.5 Å². The van der Waals surface area contributed by atoms with Gasteiger partial charge in [0.1, 0.15) is 17.0 Å². The number of unbranched alkanes of at least 4 members (excludes halogenated alkanes) is 1. The normalized spacial score (nSPS) is 11.6. The lowest BCUT2D eigenvalue weighted by Crippen LogP contribution is -2.32. The van der Waals surface area contributed by atoms with E-state index in [9.17, 15) is 22.8 Å². The molecule has 0 aliphatic carbocycles. The minimum atomic E-state index is -4.75. The molecule has 2 N–H and O–H groups in total. The summed E-state index contributed by atoms with van der Waals surface area (Å²) >= 11 is 0. The third kappa shape index (κ3) is 9.82. The van der Waals surface area contributed by atoms with Crippen LogP contribution in [0.25, 0.3) is 5.69 Å². The molecule has 0 saturated heterocycles. The van der Waals surface area contributed by atoms with Gasteiger partial charge in [-0.3, -0.25) is 4.79 Å². The summed E-state index contributed by atoms with van der Waals surface area (Å²) in [5.74, 6) is -0.579. The predicted molar refractivity (Wildman–Crippen MR) is 155 cm³/mol. The molecule has 44 heavy (non-hydrogen) atoms. The molecule has 0 aliphatic heterocycles. The number of nitrogens with zero attached hydrogens (tertiary/aromatic N) is 4. The number of hydrogen-bond donors (Lipinski definition) is 2. The zero-order chi connectivity index (χ0) is 31.7. The van der Waals surface area contributed by atoms with Crippen molar-refractivity contribution in [1.82, 2.24) is 30.6 Å². The zero-order valence-corrected chi connectivity index (χ0v) is 24.5. The van der Waals surface area contributed by atoms with Gasteiger partial charge in [-0.2, -0.15) is 13.2 Å². The van der Waals surface area contributed by atoms with Gasteiger partial charge in [0.25, 0.3) is 5.91 Å². The maximum absolute atomic E-state index is 13.5. The van der Waals surface area contributed by atoms with Gasteiger partial charge in [-0.15, -0.1) is 5.10 Å². The maximum atomic E-state index is 13.5. The van der Waals surface area contributed by atoms with E-state index in [0.717, 1.165) is 23.9 Å². The highest BCUT2D eigenvalue weighted by Gasteiger charge is 2.33. The Bertz CT molecular complexity index is 1570. The van der Waals surface area contributed by atoms with Crippen molar-refractivity contribution in [3.63, 3.8) is 0 Å². The molecule has 0 bridgehead atoms. The maximum Gasteiger partial charge on any atom is 0.433 e. The van der Waals surface area contributed by atoms with E-state index in [2.05, 4.69) is 25.9 Å². The molecule has 0 radical (unpaired) electrons. The summed E-state index contributed by atoms with van der Waals surface area (Å²) in [5, 5.41) is 13.6. The SMILES string of the molecule is CC(C)(C)OC(=O)NCc1cc(Oc2cccc(C(=O)NCCCCc3cn(-c4ccccc4)nn3)c2)nc(C(F)(F)F)c1. The van der Waals surface area contributed by atoms with Crippen LogP contribution < -0.4 is 15.4 Å². The molecule has 0 atom stereocenters. The Morgan fingerprint density at radius 1 is 0.932 bits per heavy atom. The van der Waals surface area contributed by atoms with Crippen molar-refractivity contribution in [1.29, 1.82) is 0 Å². The lowest BCUT2D eigenvalue weighted by Gasteiger charge is -2.20. The van der Waals surface area contributed by atoms with Crippen LogP contribution >= 0.6 is 0 Å². The summed E-state index contributed by atoms with van der Waals surface area (Å²) in [6.07, 6.45) is -1.47. The van der Waals surface area contributed by atoms with E-state index in [-0.39, 0.29) is 35.2 Å². The number of amides is 2. The number of carbonyl (C=O) groups is 2. The van der Waals surface area contributed by atoms with Gasteiger partial charge < -0.3 is 20.1 Å². The Balaban J connectivity index is 1.31. The number of pyridine rings is 1. The summed E-state index contributed by atoms with van der Waals surface area (Å²) in [5.41, 5.74) is 0.182. The van der Waals surface area contributed by atoms with E-state index < -0.39 is 23.6 Å². The van der Waals surface area contributed by atoms with E-state index in [0.29, 0.717) is 19.4 Å². The summed E-state index contributed by atoms with van der Waals surface area (Å²) in [4.78, 5) is 28.3. The molecule has 0 fully saturated rings. The first kappa shape index (κ1) is 32.0.